The Hall–Kier alpha value is -2.88. The Bertz CT molecular complexity index is 1120. The summed E-state index contributed by atoms with van der Waals surface area (Å²) in [6.07, 6.45) is 7.17. The molecular weight excluding hydrogens is 396 g/mol. The van der Waals surface area contributed by atoms with E-state index in [0.29, 0.717) is 30.1 Å². The molecule has 0 spiro atoms. The predicted octanol–water partition coefficient (Wildman–Crippen LogP) is 5.87. The molecule has 4 rings (SSSR count). The zero-order chi connectivity index (χ0) is 22.7. The van der Waals surface area contributed by atoms with Gasteiger partial charge < -0.3 is 5.11 Å². The number of benzene rings is 2. The van der Waals surface area contributed by atoms with E-state index < -0.39 is 0 Å². The first-order valence-electron chi connectivity index (χ1n) is 12.1. The van der Waals surface area contributed by atoms with Crippen LogP contribution in [-0.4, -0.2) is 14.7 Å². The minimum Gasteiger partial charge on any atom is -0.493 e. The number of aromatic nitrogens is 2. The van der Waals surface area contributed by atoms with Crippen LogP contribution in [0.4, 0.5) is 0 Å². The van der Waals surface area contributed by atoms with Gasteiger partial charge in [-0.1, -0.05) is 69.7 Å². The Morgan fingerprint density at radius 1 is 1.00 bits per heavy atom. The van der Waals surface area contributed by atoms with Crippen LogP contribution in [-0.2, 0) is 25.7 Å². The fourth-order valence-electron chi connectivity index (χ4n) is 4.51. The molecule has 2 aromatic carbocycles. The van der Waals surface area contributed by atoms with Gasteiger partial charge in [0.15, 0.2) is 0 Å². The third-order valence-electron chi connectivity index (χ3n) is 6.58. The second-order valence-electron chi connectivity index (χ2n) is 8.90. The van der Waals surface area contributed by atoms with Gasteiger partial charge in [0.05, 0.1) is 11.3 Å². The van der Waals surface area contributed by atoms with Gasteiger partial charge in [-0.2, -0.15) is 4.98 Å². The zero-order valence-electron chi connectivity index (χ0n) is 19.5. The van der Waals surface area contributed by atoms with Crippen molar-refractivity contribution >= 4 is 0 Å². The Labute approximate surface area is 191 Å². The van der Waals surface area contributed by atoms with Crippen molar-refractivity contribution in [3.05, 3.63) is 86.5 Å². The lowest BCUT2D eigenvalue weighted by Gasteiger charge is -2.20. The molecule has 0 aliphatic heterocycles. The van der Waals surface area contributed by atoms with E-state index in [1.165, 1.54) is 18.4 Å². The summed E-state index contributed by atoms with van der Waals surface area (Å²) in [6.45, 7) is 6.36. The number of rotatable bonds is 9. The van der Waals surface area contributed by atoms with Crippen LogP contribution in [0.2, 0.25) is 0 Å². The molecule has 0 bridgehead atoms. The van der Waals surface area contributed by atoms with E-state index >= 15 is 0 Å². The van der Waals surface area contributed by atoms with Gasteiger partial charge >= 0.3 is 0 Å². The summed E-state index contributed by atoms with van der Waals surface area (Å²) >= 11 is 0. The maximum Gasteiger partial charge on any atom is 0.265 e. The van der Waals surface area contributed by atoms with Gasteiger partial charge in [0.25, 0.3) is 5.56 Å². The maximum atomic E-state index is 13.9. The summed E-state index contributed by atoms with van der Waals surface area (Å²) in [7, 11) is 0. The highest BCUT2D eigenvalue weighted by Gasteiger charge is 2.24. The van der Waals surface area contributed by atoms with Crippen LogP contribution in [0, 0.1) is 0 Å². The van der Waals surface area contributed by atoms with Gasteiger partial charge in [0.2, 0.25) is 5.88 Å². The molecular formula is C28H34N2O2. The Kier molecular flexibility index (Phi) is 6.78. The number of unbranched alkanes of at least 4 members (excludes halogenated alkanes) is 1. The molecule has 32 heavy (non-hydrogen) atoms. The Morgan fingerprint density at radius 3 is 2.22 bits per heavy atom. The molecule has 0 saturated heterocycles. The van der Waals surface area contributed by atoms with E-state index in [1.54, 1.807) is 4.57 Å². The van der Waals surface area contributed by atoms with Crippen LogP contribution in [0.1, 0.15) is 86.0 Å². The zero-order valence-corrected chi connectivity index (χ0v) is 19.5. The lowest BCUT2D eigenvalue weighted by atomic mass is 10.0. The van der Waals surface area contributed by atoms with Crippen molar-refractivity contribution in [1.29, 1.82) is 0 Å². The van der Waals surface area contributed by atoms with Crippen molar-refractivity contribution in [2.45, 2.75) is 78.1 Å². The summed E-state index contributed by atoms with van der Waals surface area (Å²) in [5.41, 5.74) is 5.84. The first-order chi connectivity index (χ1) is 15.6. The SMILES string of the molecule is CCCCc1nc(O)c(Cc2ccc(C3CC3)cc2)c(=O)n1-c1c(CC)cccc1CC. The van der Waals surface area contributed by atoms with Crippen LogP contribution in [0.3, 0.4) is 0 Å². The largest absolute Gasteiger partial charge is 0.493 e. The van der Waals surface area contributed by atoms with Gasteiger partial charge in [0.1, 0.15) is 5.82 Å². The molecule has 0 unspecified atom stereocenters. The highest BCUT2D eigenvalue weighted by atomic mass is 16.3. The molecule has 1 aliphatic carbocycles. The third-order valence-corrected chi connectivity index (χ3v) is 6.58. The molecule has 0 radical (unpaired) electrons. The summed E-state index contributed by atoms with van der Waals surface area (Å²) < 4.78 is 1.79. The third kappa shape index (κ3) is 4.50. The van der Waals surface area contributed by atoms with Gasteiger partial charge in [-0.15, -0.1) is 0 Å². The number of hydrogen-bond donors (Lipinski definition) is 1. The summed E-state index contributed by atoms with van der Waals surface area (Å²) in [5, 5.41) is 10.8. The van der Waals surface area contributed by atoms with Crippen molar-refractivity contribution < 1.29 is 5.11 Å². The number of aromatic hydroxyl groups is 1. The van der Waals surface area contributed by atoms with E-state index in [1.807, 2.05) is 0 Å². The molecule has 4 nitrogen and oxygen atoms in total. The summed E-state index contributed by atoms with van der Waals surface area (Å²) in [4.78, 5) is 18.4. The molecule has 1 saturated carbocycles. The van der Waals surface area contributed by atoms with Crippen molar-refractivity contribution in [2.24, 2.45) is 0 Å². The normalized spacial score (nSPS) is 13.5. The van der Waals surface area contributed by atoms with E-state index in [0.717, 1.165) is 48.1 Å². The first-order valence-corrected chi connectivity index (χ1v) is 12.1. The summed E-state index contributed by atoms with van der Waals surface area (Å²) in [6, 6.07) is 14.7. The average Bonchev–Trinajstić information content (AvgIpc) is 3.66. The minimum absolute atomic E-state index is 0.129. The standard InChI is InChI=1S/C28H34N2O2/c1-4-7-11-25-29-27(31)24(18-19-12-14-22(15-13-19)23-16-17-23)28(32)30(25)26-20(5-2)9-8-10-21(26)6-3/h8-10,12-15,23,31H,4-7,11,16-18H2,1-3H3. The predicted molar refractivity (Wildman–Crippen MR) is 130 cm³/mol. The Balaban J connectivity index is 1.84. The van der Waals surface area contributed by atoms with Crippen molar-refractivity contribution in [3.8, 4) is 11.6 Å². The number of para-hydroxylation sites is 1. The van der Waals surface area contributed by atoms with Crippen molar-refractivity contribution in [3.63, 3.8) is 0 Å². The van der Waals surface area contributed by atoms with Crippen LogP contribution < -0.4 is 5.56 Å². The second-order valence-corrected chi connectivity index (χ2v) is 8.90. The number of nitrogens with zero attached hydrogens (tertiary/aromatic N) is 2. The number of aryl methyl sites for hydroxylation is 3. The van der Waals surface area contributed by atoms with Crippen LogP contribution in [0.5, 0.6) is 5.88 Å². The average molecular weight is 431 g/mol. The molecule has 3 aromatic rings. The molecule has 1 aliphatic rings. The van der Waals surface area contributed by atoms with E-state index in [9.17, 15) is 9.90 Å². The van der Waals surface area contributed by atoms with E-state index in [2.05, 4.69) is 68.2 Å². The lowest BCUT2D eigenvalue weighted by molar-refractivity contribution is 0.437. The minimum atomic E-state index is -0.148. The topological polar surface area (TPSA) is 55.1 Å². The van der Waals surface area contributed by atoms with Crippen LogP contribution in [0.25, 0.3) is 5.69 Å². The van der Waals surface area contributed by atoms with E-state index in [4.69, 9.17) is 0 Å². The van der Waals surface area contributed by atoms with Gasteiger partial charge in [-0.05, 0) is 60.3 Å². The van der Waals surface area contributed by atoms with Gasteiger partial charge in [-0.3, -0.25) is 9.36 Å². The van der Waals surface area contributed by atoms with Crippen molar-refractivity contribution in [1.82, 2.24) is 9.55 Å². The molecule has 1 N–H and O–H groups in total. The highest BCUT2D eigenvalue weighted by molar-refractivity contribution is 5.50. The second kappa shape index (κ2) is 9.72. The monoisotopic (exact) mass is 430 g/mol. The lowest BCUT2D eigenvalue weighted by Crippen LogP contribution is -2.29. The molecule has 168 valence electrons. The van der Waals surface area contributed by atoms with Gasteiger partial charge in [0, 0.05) is 12.8 Å². The smallest absolute Gasteiger partial charge is 0.265 e. The van der Waals surface area contributed by atoms with Gasteiger partial charge in [-0.25, -0.2) is 0 Å². The molecule has 1 fully saturated rings. The quantitative estimate of drug-likeness (QED) is 0.462. The maximum absolute atomic E-state index is 13.9. The fraction of sp³-hybridized carbons (Fsp3) is 0.429. The van der Waals surface area contributed by atoms with Crippen molar-refractivity contribution in [2.75, 3.05) is 0 Å². The molecule has 4 heteroatoms. The first kappa shape index (κ1) is 22.3. The summed E-state index contributed by atoms with van der Waals surface area (Å²) in [5.74, 6) is 1.22. The van der Waals surface area contributed by atoms with Crippen LogP contribution in [0.15, 0.2) is 47.3 Å². The van der Waals surface area contributed by atoms with E-state index in [-0.39, 0.29) is 11.4 Å². The van der Waals surface area contributed by atoms with Crippen LogP contribution >= 0.6 is 0 Å². The number of hydrogen-bond acceptors (Lipinski definition) is 3. The Morgan fingerprint density at radius 2 is 1.66 bits per heavy atom. The molecule has 1 heterocycles. The fourth-order valence-corrected chi connectivity index (χ4v) is 4.51. The molecule has 0 atom stereocenters. The molecule has 1 aromatic heterocycles. The highest BCUT2D eigenvalue weighted by Crippen LogP contribution is 2.40. The molecule has 0 amide bonds.